The summed E-state index contributed by atoms with van der Waals surface area (Å²) in [5.41, 5.74) is 0.750. The summed E-state index contributed by atoms with van der Waals surface area (Å²) in [6.07, 6.45) is 0. The van der Waals surface area contributed by atoms with Crippen molar-refractivity contribution in [2.75, 3.05) is 6.61 Å². The highest BCUT2D eigenvalue weighted by Gasteiger charge is 2.29. The van der Waals surface area contributed by atoms with Crippen LogP contribution in [0.1, 0.15) is 44.7 Å². The van der Waals surface area contributed by atoms with Gasteiger partial charge in [0.15, 0.2) is 6.61 Å². The average molecular weight is 293 g/mol. The lowest BCUT2D eigenvalue weighted by Gasteiger charge is -2.21. The van der Waals surface area contributed by atoms with E-state index in [1.54, 1.807) is 0 Å². The van der Waals surface area contributed by atoms with E-state index in [0.29, 0.717) is 5.75 Å². The lowest BCUT2D eigenvalue weighted by molar-refractivity contribution is -0.146. The molecule has 5 nitrogen and oxygen atoms in total. The molecular formula is C16H23NO4. The largest absolute Gasteiger partial charge is 0.483 e. The summed E-state index contributed by atoms with van der Waals surface area (Å²) in [7, 11) is 0. The van der Waals surface area contributed by atoms with Gasteiger partial charge in [-0.05, 0) is 43.9 Å². The molecule has 0 unspecified atom stereocenters. The summed E-state index contributed by atoms with van der Waals surface area (Å²) in [6, 6.07) is 5.86. The number of carboxylic acid groups (broad SMARTS) is 1. The molecule has 0 aliphatic rings. The number of rotatable bonds is 6. The molecule has 21 heavy (non-hydrogen) atoms. The molecule has 2 N–H and O–H groups in total. The molecule has 0 aliphatic heterocycles. The first-order valence-electron chi connectivity index (χ1n) is 6.91. The van der Waals surface area contributed by atoms with E-state index < -0.39 is 17.4 Å². The van der Waals surface area contributed by atoms with E-state index in [-0.39, 0.29) is 12.5 Å². The third-order valence-corrected chi connectivity index (χ3v) is 3.14. The summed E-state index contributed by atoms with van der Waals surface area (Å²) < 4.78 is 5.56. The van der Waals surface area contributed by atoms with Crippen molar-refractivity contribution in [3.05, 3.63) is 29.3 Å². The van der Waals surface area contributed by atoms with Gasteiger partial charge in [-0.15, -0.1) is 0 Å². The molecule has 0 saturated heterocycles. The lowest BCUT2D eigenvalue weighted by atomic mass is 10.0. The minimum Gasteiger partial charge on any atom is -0.483 e. The van der Waals surface area contributed by atoms with Gasteiger partial charge in [0.25, 0.3) is 5.91 Å². The molecule has 0 heterocycles. The van der Waals surface area contributed by atoms with E-state index in [4.69, 9.17) is 9.84 Å². The molecule has 116 valence electrons. The Morgan fingerprint density at radius 1 is 1.33 bits per heavy atom. The Labute approximate surface area is 125 Å². The standard InChI is InChI=1S/C16H23NO4/c1-10(2)12-7-6-11(3)8-13(12)21-9-14(18)17-16(4,5)15(19)20/h6-8,10H,9H2,1-5H3,(H,17,18)(H,19,20). The molecule has 0 aromatic heterocycles. The highest BCUT2D eigenvalue weighted by Crippen LogP contribution is 2.27. The Bertz CT molecular complexity index is 535. The van der Waals surface area contributed by atoms with Gasteiger partial charge in [0.2, 0.25) is 0 Å². The van der Waals surface area contributed by atoms with Crippen LogP contribution in [0.5, 0.6) is 5.75 Å². The zero-order valence-electron chi connectivity index (χ0n) is 13.2. The van der Waals surface area contributed by atoms with Gasteiger partial charge >= 0.3 is 5.97 Å². The van der Waals surface area contributed by atoms with Gasteiger partial charge in [0.1, 0.15) is 11.3 Å². The average Bonchev–Trinajstić information content (AvgIpc) is 2.35. The first-order valence-corrected chi connectivity index (χ1v) is 6.91. The molecule has 0 saturated carbocycles. The molecular weight excluding hydrogens is 270 g/mol. The van der Waals surface area contributed by atoms with Crippen molar-refractivity contribution in [3.63, 3.8) is 0 Å². The Kier molecular flexibility index (Phi) is 5.35. The maximum Gasteiger partial charge on any atom is 0.328 e. The fourth-order valence-corrected chi connectivity index (χ4v) is 1.82. The van der Waals surface area contributed by atoms with Gasteiger partial charge in [-0.25, -0.2) is 4.79 Å². The zero-order valence-corrected chi connectivity index (χ0v) is 13.2. The fraction of sp³-hybridized carbons (Fsp3) is 0.500. The Balaban J connectivity index is 2.73. The quantitative estimate of drug-likeness (QED) is 0.845. The molecule has 0 radical (unpaired) electrons. The van der Waals surface area contributed by atoms with E-state index in [0.717, 1.165) is 11.1 Å². The molecule has 5 heteroatoms. The molecule has 0 fully saturated rings. The van der Waals surface area contributed by atoms with Crippen LogP contribution in [0, 0.1) is 6.92 Å². The molecule has 0 spiro atoms. The molecule has 0 bridgehead atoms. The molecule has 0 atom stereocenters. The van der Waals surface area contributed by atoms with Crippen LogP contribution in [0.25, 0.3) is 0 Å². The van der Waals surface area contributed by atoms with Crippen LogP contribution in [-0.4, -0.2) is 29.1 Å². The number of carboxylic acids is 1. The SMILES string of the molecule is Cc1ccc(C(C)C)c(OCC(=O)NC(C)(C)C(=O)O)c1. The summed E-state index contributed by atoms with van der Waals surface area (Å²) in [5.74, 6) is -0.611. The second-order valence-electron chi connectivity index (χ2n) is 5.96. The summed E-state index contributed by atoms with van der Waals surface area (Å²) in [4.78, 5) is 22.8. The predicted octanol–water partition coefficient (Wildman–Crippen LogP) is 2.48. The first kappa shape index (κ1) is 17.0. The third kappa shape index (κ3) is 4.77. The topological polar surface area (TPSA) is 75.6 Å². The van der Waals surface area contributed by atoms with Gasteiger partial charge in [-0.1, -0.05) is 26.0 Å². The van der Waals surface area contributed by atoms with Crippen LogP contribution >= 0.6 is 0 Å². The van der Waals surface area contributed by atoms with E-state index in [1.807, 2.05) is 39.0 Å². The van der Waals surface area contributed by atoms with E-state index in [1.165, 1.54) is 13.8 Å². The number of hydrogen-bond donors (Lipinski definition) is 2. The van der Waals surface area contributed by atoms with Crippen molar-refractivity contribution in [1.29, 1.82) is 0 Å². The molecule has 1 aromatic carbocycles. The number of aliphatic carboxylic acids is 1. The van der Waals surface area contributed by atoms with Gasteiger partial charge in [-0.2, -0.15) is 0 Å². The zero-order chi connectivity index (χ0) is 16.2. The van der Waals surface area contributed by atoms with Crippen LogP contribution in [-0.2, 0) is 9.59 Å². The predicted molar refractivity (Wildman–Crippen MR) is 80.6 cm³/mol. The number of amides is 1. The molecule has 0 aliphatic carbocycles. The van der Waals surface area contributed by atoms with Crippen molar-refractivity contribution >= 4 is 11.9 Å². The summed E-state index contributed by atoms with van der Waals surface area (Å²) >= 11 is 0. The maximum absolute atomic E-state index is 11.8. The maximum atomic E-state index is 11.8. The van der Waals surface area contributed by atoms with Crippen molar-refractivity contribution in [2.45, 2.75) is 46.1 Å². The molecule has 1 aromatic rings. The summed E-state index contributed by atoms with van der Waals surface area (Å²) in [5, 5.41) is 11.4. The first-order chi connectivity index (χ1) is 9.63. The van der Waals surface area contributed by atoms with Gasteiger partial charge in [-0.3, -0.25) is 4.79 Å². The second kappa shape index (κ2) is 6.61. The third-order valence-electron chi connectivity index (χ3n) is 3.14. The minimum atomic E-state index is -1.31. The normalized spacial score (nSPS) is 11.3. The molecule has 1 rings (SSSR count). The highest BCUT2D eigenvalue weighted by atomic mass is 16.5. The minimum absolute atomic E-state index is 0.208. The highest BCUT2D eigenvalue weighted by molar-refractivity contribution is 5.86. The van der Waals surface area contributed by atoms with E-state index in [9.17, 15) is 9.59 Å². The fourth-order valence-electron chi connectivity index (χ4n) is 1.82. The van der Waals surface area contributed by atoms with Crippen molar-refractivity contribution in [2.24, 2.45) is 0 Å². The van der Waals surface area contributed by atoms with Crippen LogP contribution < -0.4 is 10.1 Å². The van der Waals surface area contributed by atoms with Gasteiger partial charge in [0, 0.05) is 0 Å². The lowest BCUT2D eigenvalue weighted by Crippen LogP contribution is -2.51. The number of aryl methyl sites for hydroxylation is 1. The number of benzene rings is 1. The summed E-state index contributed by atoms with van der Waals surface area (Å²) in [6.45, 7) is 8.69. The van der Waals surface area contributed by atoms with Crippen LogP contribution in [0.2, 0.25) is 0 Å². The Morgan fingerprint density at radius 2 is 1.95 bits per heavy atom. The van der Waals surface area contributed by atoms with E-state index >= 15 is 0 Å². The van der Waals surface area contributed by atoms with Gasteiger partial charge < -0.3 is 15.2 Å². The van der Waals surface area contributed by atoms with Crippen molar-refractivity contribution in [3.8, 4) is 5.75 Å². The Hall–Kier alpha value is -2.04. The molecule has 1 amide bonds. The number of carbonyl (C=O) groups is 2. The van der Waals surface area contributed by atoms with E-state index in [2.05, 4.69) is 5.32 Å². The number of hydrogen-bond acceptors (Lipinski definition) is 3. The number of ether oxygens (including phenoxy) is 1. The van der Waals surface area contributed by atoms with Crippen molar-refractivity contribution < 1.29 is 19.4 Å². The smallest absolute Gasteiger partial charge is 0.328 e. The second-order valence-corrected chi connectivity index (χ2v) is 5.96. The van der Waals surface area contributed by atoms with Crippen LogP contribution in [0.3, 0.4) is 0 Å². The monoisotopic (exact) mass is 293 g/mol. The Morgan fingerprint density at radius 3 is 2.48 bits per heavy atom. The van der Waals surface area contributed by atoms with Gasteiger partial charge in [0.05, 0.1) is 0 Å². The number of nitrogens with one attached hydrogen (secondary N) is 1. The number of carbonyl (C=O) groups excluding carboxylic acids is 1. The van der Waals surface area contributed by atoms with Crippen LogP contribution in [0.15, 0.2) is 18.2 Å². The van der Waals surface area contributed by atoms with Crippen molar-refractivity contribution in [1.82, 2.24) is 5.32 Å². The van der Waals surface area contributed by atoms with Crippen LogP contribution in [0.4, 0.5) is 0 Å².